The second-order valence-electron chi connectivity index (χ2n) is 7.70. The lowest BCUT2D eigenvalue weighted by atomic mass is 10.1. The fourth-order valence-corrected chi connectivity index (χ4v) is 4.08. The minimum absolute atomic E-state index is 0.0421. The molecule has 1 N–H and O–H groups in total. The van der Waals surface area contributed by atoms with Crippen LogP contribution in [-0.4, -0.2) is 44.6 Å². The summed E-state index contributed by atoms with van der Waals surface area (Å²) in [5.41, 5.74) is 1.09. The Kier molecular flexibility index (Phi) is 5.69. The molecular weight excluding hydrogens is 354 g/mol. The lowest BCUT2D eigenvalue weighted by molar-refractivity contribution is -0.129. The minimum atomic E-state index is -0.272. The van der Waals surface area contributed by atoms with Gasteiger partial charge < -0.3 is 14.8 Å². The first-order valence-electron chi connectivity index (χ1n) is 10.2. The number of nitrogens with one attached hydrogen (secondary N) is 1. The molecule has 7 heteroatoms. The molecule has 0 saturated carbocycles. The van der Waals surface area contributed by atoms with E-state index in [1.807, 2.05) is 30.3 Å². The van der Waals surface area contributed by atoms with Crippen LogP contribution in [0.4, 0.5) is 0 Å². The van der Waals surface area contributed by atoms with Gasteiger partial charge in [-0.15, -0.1) is 10.2 Å². The van der Waals surface area contributed by atoms with E-state index in [0.29, 0.717) is 32.5 Å². The van der Waals surface area contributed by atoms with E-state index >= 15 is 0 Å². The van der Waals surface area contributed by atoms with Crippen molar-refractivity contribution in [3.05, 3.63) is 47.5 Å². The molecule has 0 aliphatic carbocycles. The van der Waals surface area contributed by atoms with E-state index in [4.69, 9.17) is 0 Å². The van der Waals surface area contributed by atoms with Gasteiger partial charge in [0.05, 0.1) is 5.92 Å². The van der Waals surface area contributed by atoms with E-state index in [9.17, 15) is 9.59 Å². The van der Waals surface area contributed by atoms with Crippen LogP contribution >= 0.6 is 0 Å². The molecule has 1 aromatic carbocycles. The Bertz CT molecular complexity index is 833. The Morgan fingerprint density at radius 3 is 2.86 bits per heavy atom. The Labute approximate surface area is 165 Å². The molecule has 0 radical (unpaired) electrons. The number of aromatic nitrogens is 3. The molecule has 1 aromatic heterocycles. The van der Waals surface area contributed by atoms with Gasteiger partial charge in [-0.25, -0.2) is 0 Å². The zero-order valence-corrected chi connectivity index (χ0v) is 16.1. The molecule has 3 heterocycles. The average molecular weight is 381 g/mol. The smallest absolute Gasteiger partial charge is 0.225 e. The molecule has 2 aliphatic heterocycles. The van der Waals surface area contributed by atoms with Gasteiger partial charge in [0.25, 0.3) is 0 Å². The largest absolute Gasteiger partial charge is 0.355 e. The van der Waals surface area contributed by atoms with Crippen molar-refractivity contribution in [3.63, 3.8) is 0 Å². The maximum atomic E-state index is 12.5. The molecular formula is C21H27N5O2. The topological polar surface area (TPSA) is 80.1 Å². The van der Waals surface area contributed by atoms with Gasteiger partial charge in [0.2, 0.25) is 11.8 Å². The molecule has 4 rings (SSSR count). The van der Waals surface area contributed by atoms with Gasteiger partial charge in [-0.3, -0.25) is 9.59 Å². The SMILES string of the molecule is O=C(NCCc1nnc2n1CCCCC2)C1CC(=O)N(Cc2ccccc2)C1. The third-order valence-corrected chi connectivity index (χ3v) is 5.64. The number of likely N-dealkylation sites (tertiary alicyclic amines) is 1. The number of carbonyl (C=O) groups excluding carboxylic acids is 2. The van der Waals surface area contributed by atoms with E-state index in [1.54, 1.807) is 4.90 Å². The van der Waals surface area contributed by atoms with Crippen molar-refractivity contribution < 1.29 is 9.59 Å². The molecule has 0 bridgehead atoms. The van der Waals surface area contributed by atoms with Gasteiger partial charge in [-0.1, -0.05) is 36.8 Å². The van der Waals surface area contributed by atoms with Crippen LogP contribution in [0.5, 0.6) is 0 Å². The highest BCUT2D eigenvalue weighted by atomic mass is 16.2. The number of rotatable bonds is 6. The number of aryl methyl sites for hydroxylation is 1. The standard InChI is InChI=1S/C21H27N5O2/c27-20-13-17(15-25(20)14-16-7-3-1-4-8-16)21(28)22-11-10-19-24-23-18-9-5-2-6-12-26(18)19/h1,3-4,7-8,17H,2,5-6,9-15H2,(H,22,28). The summed E-state index contributed by atoms with van der Waals surface area (Å²) < 4.78 is 2.21. The van der Waals surface area contributed by atoms with Gasteiger partial charge in [-0.2, -0.15) is 0 Å². The van der Waals surface area contributed by atoms with E-state index in [0.717, 1.165) is 36.6 Å². The Morgan fingerprint density at radius 2 is 2.00 bits per heavy atom. The third kappa shape index (κ3) is 4.24. The average Bonchev–Trinajstić information content (AvgIpc) is 3.17. The van der Waals surface area contributed by atoms with Crippen LogP contribution in [0.1, 0.15) is 42.9 Å². The summed E-state index contributed by atoms with van der Waals surface area (Å²) in [5.74, 6) is 1.75. The number of amides is 2. The van der Waals surface area contributed by atoms with Gasteiger partial charge in [-0.05, 0) is 18.4 Å². The van der Waals surface area contributed by atoms with Crippen molar-refractivity contribution in [2.45, 2.75) is 51.6 Å². The number of benzene rings is 1. The van der Waals surface area contributed by atoms with Gasteiger partial charge in [0, 0.05) is 45.4 Å². The van der Waals surface area contributed by atoms with E-state index in [1.165, 1.54) is 12.8 Å². The van der Waals surface area contributed by atoms with Crippen molar-refractivity contribution in [2.24, 2.45) is 5.92 Å². The van der Waals surface area contributed by atoms with E-state index < -0.39 is 0 Å². The van der Waals surface area contributed by atoms with Crippen LogP contribution < -0.4 is 5.32 Å². The molecule has 2 amide bonds. The fourth-order valence-electron chi connectivity index (χ4n) is 4.08. The second-order valence-corrected chi connectivity index (χ2v) is 7.70. The van der Waals surface area contributed by atoms with Crippen LogP contribution in [0.15, 0.2) is 30.3 Å². The monoisotopic (exact) mass is 381 g/mol. The summed E-state index contributed by atoms with van der Waals surface area (Å²) in [6.45, 7) is 2.55. The van der Waals surface area contributed by atoms with E-state index in [-0.39, 0.29) is 17.7 Å². The first-order valence-corrected chi connectivity index (χ1v) is 10.2. The Morgan fingerprint density at radius 1 is 1.14 bits per heavy atom. The van der Waals surface area contributed by atoms with E-state index in [2.05, 4.69) is 20.1 Å². The summed E-state index contributed by atoms with van der Waals surface area (Å²) in [5, 5.41) is 11.6. The summed E-state index contributed by atoms with van der Waals surface area (Å²) in [6.07, 6.45) is 5.51. The van der Waals surface area contributed by atoms with Crippen molar-refractivity contribution in [1.29, 1.82) is 0 Å². The Hall–Kier alpha value is -2.70. The van der Waals surface area contributed by atoms with Crippen LogP contribution in [0.3, 0.4) is 0 Å². The molecule has 0 spiro atoms. The quantitative estimate of drug-likeness (QED) is 0.826. The predicted molar refractivity (Wildman–Crippen MR) is 104 cm³/mol. The highest BCUT2D eigenvalue weighted by Crippen LogP contribution is 2.20. The third-order valence-electron chi connectivity index (χ3n) is 5.64. The highest BCUT2D eigenvalue weighted by Gasteiger charge is 2.34. The molecule has 7 nitrogen and oxygen atoms in total. The molecule has 1 unspecified atom stereocenters. The maximum Gasteiger partial charge on any atom is 0.225 e. The Balaban J connectivity index is 1.27. The highest BCUT2D eigenvalue weighted by molar-refractivity contribution is 5.89. The number of hydrogen-bond donors (Lipinski definition) is 1. The number of nitrogens with zero attached hydrogens (tertiary/aromatic N) is 4. The van der Waals surface area contributed by atoms with Crippen LogP contribution in [0.2, 0.25) is 0 Å². The molecule has 28 heavy (non-hydrogen) atoms. The van der Waals surface area contributed by atoms with Crippen LogP contribution in [0.25, 0.3) is 0 Å². The zero-order chi connectivity index (χ0) is 19.3. The number of fused-ring (bicyclic) bond motifs is 1. The molecule has 148 valence electrons. The normalized spacial score (nSPS) is 19.4. The summed E-state index contributed by atoms with van der Waals surface area (Å²) in [7, 11) is 0. The number of hydrogen-bond acceptors (Lipinski definition) is 4. The summed E-state index contributed by atoms with van der Waals surface area (Å²) in [6, 6.07) is 9.89. The molecule has 1 saturated heterocycles. The molecule has 1 fully saturated rings. The van der Waals surface area contributed by atoms with Crippen LogP contribution in [0, 0.1) is 5.92 Å². The predicted octanol–water partition coefficient (Wildman–Crippen LogP) is 1.71. The summed E-state index contributed by atoms with van der Waals surface area (Å²) in [4.78, 5) is 26.6. The minimum Gasteiger partial charge on any atom is -0.355 e. The van der Waals surface area contributed by atoms with Gasteiger partial charge in [0.15, 0.2) is 0 Å². The first-order chi connectivity index (χ1) is 13.7. The van der Waals surface area contributed by atoms with Crippen molar-refractivity contribution in [3.8, 4) is 0 Å². The lowest BCUT2D eigenvalue weighted by Gasteiger charge is -2.16. The summed E-state index contributed by atoms with van der Waals surface area (Å²) >= 11 is 0. The molecule has 1 atom stereocenters. The molecule has 2 aliphatic rings. The molecule has 2 aromatic rings. The van der Waals surface area contributed by atoms with Crippen molar-refractivity contribution >= 4 is 11.8 Å². The second kappa shape index (κ2) is 8.54. The zero-order valence-electron chi connectivity index (χ0n) is 16.1. The van der Waals surface area contributed by atoms with Gasteiger partial charge >= 0.3 is 0 Å². The first kappa shape index (κ1) is 18.7. The van der Waals surface area contributed by atoms with Gasteiger partial charge in [0.1, 0.15) is 11.6 Å². The van der Waals surface area contributed by atoms with Crippen LogP contribution in [-0.2, 0) is 35.5 Å². The maximum absolute atomic E-state index is 12.5. The fraction of sp³-hybridized carbons (Fsp3) is 0.524. The lowest BCUT2D eigenvalue weighted by Crippen LogP contribution is -2.34. The van der Waals surface area contributed by atoms with Crippen molar-refractivity contribution in [1.82, 2.24) is 25.0 Å². The number of carbonyl (C=O) groups is 2. The van der Waals surface area contributed by atoms with Crippen molar-refractivity contribution in [2.75, 3.05) is 13.1 Å².